The van der Waals surface area contributed by atoms with Crippen LogP contribution in [0.1, 0.15) is 29.6 Å². The molecule has 1 heterocycles. The van der Waals surface area contributed by atoms with Crippen LogP contribution in [0.25, 0.3) is 0 Å². The van der Waals surface area contributed by atoms with Crippen molar-refractivity contribution in [3.8, 4) is 0 Å². The SMILES string of the molecule is NC[C@H]1CCC[C@H]1C(=O)N1CCN(C(=O)c2c(Cl)cccc2Cl)CC1. The van der Waals surface area contributed by atoms with E-state index in [0.717, 1.165) is 19.3 Å². The minimum Gasteiger partial charge on any atom is -0.339 e. The Morgan fingerprint density at radius 1 is 1.04 bits per heavy atom. The van der Waals surface area contributed by atoms with Gasteiger partial charge in [0.05, 0.1) is 15.6 Å². The fraction of sp³-hybridized carbons (Fsp3) is 0.556. The molecule has 2 atom stereocenters. The van der Waals surface area contributed by atoms with Gasteiger partial charge in [-0.3, -0.25) is 9.59 Å². The molecule has 25 heavy (non-hydrogen) atoms. The summed E-state index contributed by atoms with van der Waals surface area (Å²) in [5.41, 5.74) is 6.14. The number of rotatable bonds is 3. The Kier molecular flexibility index (Phi) is 5.87. The third-order valence-corrected chi connectivity index (χ3v) is 5.96. The van der Waals surface area contributed by atoms with Crippen molar-refractivity contribution in [3.63, 3.8) is 0 Å². The van der Waals surface area contributed by atoms with E-state index in [0.29, 0.717) is 54.3 Å². The molecule has 1 aliphatic carbocycles. The monoisotopic (exact) mass is 383 g/mol. The van der Waals surface area contributed by atoms with Crippen LogP contribution in [0.15, 0.2) is 18.2 Å². The lowest BCUT2D eigenvalue weighted by Crippen LogP contribution is -2.52. The minimum atomic E-state index is -0.177. The summed E-state index contributed by atoms with van der Waals surface area (Å²) < 4.78 is 0. The number of piperazine rings is 1. The molecule has 0 aromatic heterocycles. The highest BCUT2D eigenvalue weighted by Gasteiger charge is 2.36. The molecule has 1 aromatic carbocycles. The molecule has 1 aliphatic heterocycles. The predicted molar refractivity (Wildman–Crippen MR) is 98.8 cm³/mol. The minimum absolute atomic E-state index is 0.0465. The molecule has 3 rings (SSSR count). The molecule has 2 fully saturated rings. The number of carbonyl (C=O) groups is 2. The number of hydrogen-bond donors (Lipinski definition) is 1. The van der Waals surface area contributed by atoms with Crippen LogP contribution in [-0.2, 0) is 4.79 Å². The molecular formula is C18H23Cl2N3O2. The maximum Gasteiger partial charge on any atom is 0.257 e. The van der Waals surface area contributed by atoms with Gasteiger partial charge >= 0.3 is 0 Å². The maximum absolute atomic E-state index is 12.7. The Balaban J connectivity index is 1.62. The number of hydrogen-bond acceptors (Lipinski definition) is 3. The van der Waals surface area contributed by atoms with E-state index < -0.39 is 0 Å². The van der Waals surface area contributed by atoms with Gasteiger partial charge in [-0.15, -0.1) is 0 Å². The highest BCUT2D eigenvalue weighted by Crippen LogP contribution is 2.33. The van der Waals surface area contributed by atoms with E-state index in [1.807, 2.05) is 4.90 Å². The van der Waals surface area contributed by atoms with Gasteiger partial charge in [-0.1, -0.05) is 35.7 Å². The molecule has 7 heteroatoms. The second kappa shape index (κ2) is 7.94. The number of benzene rings is 1. The third kappa shape index (κ3) is 3.78. The van der Waals surface area contributed by atoms with Crippen molar-refractivity contribution in [1.82, 2.24) is 9.80 Å². The van der Waals surface area contributed by atoms with E-state index in [1.54, 1.807) is 23.1 Å². The zero-order valence-corrected chi connectivity index (χ0v) is 15.6. The second-order valence-corrected chi connectivity index (χ2v) is 7.56. The smallest absolute Gasteiger partial charge is 0.257 e. The lowest BCUT2D eigenvalue weighted by molar-refractivity contribution is -0.138. The van der Waals surface area contributed by atoms with Crippen LogP contribution in [-0.4, -0.2) is 54.3 Å². The van der Waals surface area contributed by atoms with Crippen LogP contribution in [0.3, 0.4) is 0 Å². The highest BCUT2D eigenvalue weighted by atomic mass is 35.5. The molecule has 5 nitrogen and oxygen atoms in total. The van der Waals surface area contributed by atoms with E-state index in [9.17, 15) is 9.59 Å². The summed E-state index contributed by atoms with van der Waals surface area (Å²) in [6.45, 7) is 2.64. The number of nitrogens with two attached hydrogens (primary N) is 1. The standard InChI is InChI=1S/C18H23Cl2N3O2/c19-14-5-2-6-15(20)16(14)18(25)23-9-7-22(8-10-23)17(24)13-4-1-3-12(13)11-21/h2,5-6,12-13H,1,3-4,7-11,21H2/t12-,13-/m1/s1. The summed E-state index contributed by atoms with van der Waals surface area (Å²) in [7, 11) is 0. The average molecular weight is 384 g/mol. The number of amides is 2. The molecule has 2 aliphatic rings. The molecule has 2 N–H and O–H groups in total. The molecule has 1 saturated heterocycles. The Labute approximate surface area is 158 Å². The average Bonchev–Trinajstić information content (AvgIpc) is 3.09. The van der Waals surface area contributed by atoms with Gasteiger partial charge in [0.1, 0.15) is 0 Å². The van der Waals surface area contributed by atoms with Crippen LogP contribution >= 0.6 is 23.2 Å². The quantitative estimate of drug-likeness (QED) is 0.872. The molecule has 1 saturated carbocycles. The molecule has 1 aromatic rings. The molecule has 136 valence electrons. The zero-order chi connectivity index (χ0) is 18.0. The van der Waals surface area contributed by atoms with Gasteiger partial charge in [0.25, 0.3) is 5.91 Å². The van der Waals surface area contributed by atoms with Crippen molar-refractivity contribution in [2.24, 2.45) is 17.6 Å². The Morgan fingerprint density at radius 2 is 1.64 bits per heavy atom. The summed E-state index contributed by atoms with van der Waals surface area (Å²) in [5.74, 6) is 0.360. The van der Waals surface area contributed by atoms with Crippen molar-refractivity contribution >= 4 is 35.0 Å². The van der Waals surface area contributed by atoms with E-state index >= 15 is 0 Å². The first kappa shape index (κ1) is 18.5. The summed E-state index contributed by atoms with van der Waals surface area (Å²) in [6.07, 6.45) is 3.03. The van der Waals surface area contributed by atoms with Crippen molar-refractivity contribution in [2.75, 3.05) is 32.7 Å². The highest BCUT2D eigenvalue weighted by molar-refractivity contribution is 6.39. The molecule has 0 bridgehead atoms. The fourth-order valence-electron chi connectivity index (χ4n) is 3.87. The van der Waals surface area contributed by atoms with Crippen LogP contribution in [0, 0.1) is 11.8 Å². The van der Waals surface area contributed by atoms with Gasteiger partial charge in [0, 0.05) is 32.1 Å². The van der Waals surface area contributed by atoms with Crippen LogP contribution in [0.2, 0.25) is 10.0 Å². The van der Waals surface area contributed by atoms with Gasteiger partial charge in [0.2, 0.25) is 5.91 Å². The van der Waals surface area contributed by atoms with Crippen LogP contribution in [0.5, 0.6) is 0 Å². The Bertz CT molecular complexity index is 639. The summed E-state index contributed by atoms with van der Waals surface area (Å²) in [6, 6.07) is 5.04. The van der Waals surface area contributed by atoms with Crippen molar-refractivity contribution in [3.05, 3.63) is 33.8 Å². The lowest BCUT2D eigenvalue weighted by Gasteiger charge is -2.37. The van der Waals surface area contributed by atoms with Gasteiger partial charge in [0.15, 0.2) is 0 Å². The van der Waals surface area contributed by atoms with Gasteiger partial charge in [-0.2, -0.15) is 0 Å². The summed E-state index contributed by atoms with van der Waals surface area (Å²) in [4.78, 5) is 29.0. The third-order valence-electron chi connectivity index (χ3n) is 5.33. The number of halogens is 2. The largest absolute Gasteiger partial charge is 0.339 e. The molecule has 0 radical (unpaired) electrons. The van der Waals surface area contributed by atoms with Crippen LogP contribution < -0.4 is 5.73 Å². The van der Waals surface area contributed by atoms with Crippen molar-refractivity contribution < 1.29 is 9.59 Å². The van der Waals surface area contributed by atoms with Gasteiger partial charge in [-0.05, 0) is 37.4 Å². The predicted octanol–water partition coefficient (Wildman–Crippen LogP) is 2.65. The first-order valence-corrected chi connectivity index (χ1v) is 9.50. The summed E-state index contributed by atoms with van der Waals surface area (Å²) in [5, 5.41) is 0.709. The maximum atomic E-state index is 12.7. The zero-order valence-electron chi connectivity index (χ0n) is 14.1. The first-order valence-electron chi connectivity index (χ1n) is 8.75. The number of carbonyl (C=O) groups excluding carboxylic acids is 2. The molecule has 0 spiro atoms. The normalized spacial score (nSPS) is 23.8. The van der Waals surface area contributed by atoms with Crippen LogP contribution in [0.4, 0.5) is 0 Å². The fourth-order valence-corrected chi connectivity index (χ4v) is 4.43. The van der Waals surface area contributed by atoms with E-state index in [4.69, 9.17) is 28.9 Å². The van der Waals surface area contributed by atoms with Crippen molar-refractivity contribution in [2.45, 2.75) is 19.3 Å². The lowest BCUT2D eigenvalue weighted by atomic mass is 9.94. The topological polar surface area (TPSA) is 66.6 Å². The molecular weight excluding hydrogens is 361 g/mol. The van der Waals surface area contributed by atoms with Crippen molar-refractivity contribution in [1.29, 1.82) is 0 Å². The number of nitrogens with zero attached hydrogens (tertiary/aromatic N) is 2. The first-order chi connectivity index (χ1) is 12.0. The van der Waals surface area contributed by atoms with E-state index in [1.165, 1.54) is 0 Å². The second-order valence-electron chi connectivity index (χ2n) is 6.75. The summed E-state index contributed by atoms with van der Waals surface area (Å²) >= 11 is 12.3. The Morgan fingerprint density at radius 3 is 2.24 bits per heavy atom. The van der Waals surface area contributed by atoms with Gasteiger partial charge in [-0.25, -0.2) is 0 Å². The molecule has 2 amide bonds. The molecule has 0 unspecified atom stereocenters. The Hall–Kier alpha value is -1.30. The van der Waals surface area contributed by atoms with E-state index in [-0.39, 0.29) is 17.7 Å². The van der Waals surface area contributed by atoms with E-state index in [2.05, 4.69) is 0 Å². The van der Waals surface area contributed by atoms with Gasteiger partial charge < -0.3 is 15.5 Å².